The molecule has 6 nitrogen and oxygen atoms in total. The molecule has 0 aromatic heterocycles. The molecule has 0 bridgehead atoms. The van der Waals surface area contributed by atoms with Gasteiger partial charge in [0.2, 0.25) is 0 Å². The zero-order chi connectivity index (χ0) is 14.2. The number of carbonyl (C=O) groups excluding carboxylic acids is 1. The molecular weight excluding hydrogens is 334 g/mol. The highest BCUT2D eigenvalue weighted by Gasteiger charge is 2.27. The smallest absolute Gasteiger partial charge is 0.328 e. The van der Waals surface area contributed by atoms with Crippen molar-refractivity contribution < 1.29 is 13.2 Å². The van der Waals surface area contributed by atoms with E-state index in [2.05, 4.69) is 21.2 Å². The van der Waals surface area contributed by atoms with Gasteiger partial charge in [0, 0.05) is 16.2 Å². The Hall–Kier alpha value is -1.28. The Bertz CT molecular complexity index is 626. The maximum Gasteiger partial charge on any atom is 0.328 e. The molecule has 2 rings (SSSR count). The number of halogens is 1. The summed E-state index contributed by atoms with van der Waals surface area (Å²) in [7, 11) is -3.93. The van der Waals surface area contributed by atoms with E-state index in [4.69, 9.17) is 5.73 Å². The Labute approximate surface area is 119 Å². The number of urea groups is 1. The van der Waals surface area contributed by atoms with Crippen LogP contribution in [-0.2, 0) is 10.0 Å². The van der Waals surface area contributed by atoms with Crippen molar-refractivity contribution in [3.05, 3.63) is 22.2 Å². The standard InChI is InChI=1S/C11H14BrN3O3S/c1-6-9(13)4-7(12)5-10(6)19(17,18)15-11(16)14-8-2-3-8/h4-5,8H,2-3,13H2,1H3,(H2,14,15,16). The summed E-state index contributed by atoms with van der Waals surface area (Å²) in [5.74, 6) is 0. The van der Waals surface area contributed by atoms with Crippen LogP contribution < -0.4 is 15.8 Å². The molecule has 0 saturated heterocycles. The highest BCUT2D eigenvalue weighted by molar-refractivity contribution is 9.10. The van der Waals surface area contributed by atoms with Crippen molar-refractivity contribution >= 4 is 37.7 Å². The number of carbonyl (C=O) groups is 1. The molecule has 0 unspecified atom stereocenters. The number of benzene rings is 1. The maximum atomic E-state index is 12.1. The van der Waals surface area contributed by atoms with Gasteiger partial charge in [-0.2, -0.15) is 0 Å². The molecule has 0 heterocycles. The van der Waals surface area contributed by atoms with Crippen molar-refractivity contribution in [2.45, 2.75) is 30.7 Å². The summed E-state index contributed by atoms with van der Waals surface area (Å²) >= 11 is 3.18. The second-order valence-electron chi connectivity index (χ2n) is 4.47. The lowest BCUT2D eigenvalue weighted by Gasteiger charge is -2.12. The fourth-order valence-corrected chi connectivity index (χ4v) is 3.42. The van der Waals surface area contributed by atoms with Crippen LogP contribution in [0.2, 0.25) is 0 Å². The Balaban J connectivity index is 2.25. The SMILES string of the molecule is Cc1c(N)cc(Br)cc1S(=O)(=O)NC(=O)NC1CC1. The Morgan fingerprint density at radius 3 is 2.63 bits per heavy atom. The van der Waals surface area contributed by atoms with Gasteiger partial charge in [-0.1, -0.05) is 15.9 Å². The highest BCUT2D eigenvalue weighted by Crippen LogP contribution is 2.26. The Kier molecular flexibility index (Phi) is 3.73. The predicted molar refractivity (Wildman–Crippen MR) is 75.2 cm³/mol. The zero-order valence-corrected chi connectivity index (χ0v) is 12.6. The second-order valence-corrected chi connectivity index (χ2v) is 7.04. The summed E-state index contributed by atoms with van der Waals surface area (Å²) in [4.78, 5) is 11.5. The third kappa shape index (κ3) is 3.38. The summed E-state index contributed by atoms with van der Waals surface area (Å²) in [6.07, 6.45) is 1.77. The number of anilines is 1. The van der Waals surface area contributed by atoms with Crippen LogP contribution in [0.4, 0.5) is 10.5 Å². The number of amides is 2. The number of sulfonamides is 1. The van der Waals surface area contributed by atoms with E-state index in [1.807, 2.05) is 4.72 Å². The van der Waals surface area contributed by atoms with Crippen LogP contribution in [0.15, 0.2) is 21.5 Å². The molecule has 1 aromatic carbocycles. The summed E-state index contributed by atoms with van der Waals surface area (Å²) < 4.78 is 26.8. The molecule has 0 spiro atoms. The van der Waals surface area contributed by atoms with Gasteiger partial charge in [0.15, 0.2) is 0 Å². The molecule has 0 aliphatic heterocycles. The topological polar surface area (TPSA) is 101 Å². The average molecular weight is 348 g/mol. The van der Waals surface area contributed by atoms with Crippen molar-refractivity contribution in [3.8, 4) is 0 Å². The fourth-order valence-electron chi connectivity index (χ4n) is 1.57. The molecule has 19 heavy (non-hydrogen) atoms. The third-order valence-corrected chi connectivity index (χ3v) is 4.71. The summed E-state index contributed by atoms with van der Waals surface area (Å²) in [6, 6.07) is 2.40. The number of rotatable bonds is 3. The largest absolute Gasteiger partial charge is 0.398 e. The van der Waals surface area contributed by atoms with Gasteiger partial charge in [-0.05, 0) is 37.5 Å². The molecule has 1 saturated carbocycles. The molecular formula is C11H14BrN3O3S. The van der Waals surface area contributed by atoms with E-state index in [0.717, 1.165) is 12.8 Å². The summed E-state index contributed by atoms with van der Waals surface area (Å²) in [6.45, 7) is 1.59. The first kappa shape index (κ1) is 14.1. The quantitative estimate of drug-likeness (QED) is 0.721. The third-order valence-electron chi connectivity index (χ3n) is 2.79. The van der Waals surface area contributed by atoms with Crippen LogP contribution in [0.25, 0.3) is 0 Å². The number of nitrogen functional groups attached to an aromatic ring is 1. The molecule has 1 aliphatic carbocycles. The van der Waals surface area contributed by atoms with Gasteiger partial charge in [-0.15, -0.1) is 0 Å². The van der Waals surface area contributed by atoms with Gasteiger partial charge in [-0.3, -0.25) is 0 Å². The van der Waals surface area contributed by atoms with Crippen molar-refractivity contribution in [2.24, 2.45) is 0 Å². The van der Waals surface area contributed by atoms with Crippen molar-refractivity contribution in [3.63, 3.8) is 0 Å². The molecule has 1 fully saturated rings. The van der Waals surface area contributed by atoms with Crippen LogP contribution >= 0.6 is 15.9 Å². The van der Waals surface area contributed by atoms with Crippen molar-refractivity contribution in [2.75, 3.05) is 5.73 Å². The lowest BCUT2D eigenvalue weighted by Crippen LogP contribution is -2.40. The van der Waals surface area contributed by atoms with E-state index < -0.39 is 16.1 Å². The van der Waals surface area contributed by atoms with E-state index >= 15 is 0 Å². The van der Waals surface area contributed by atoms with Crippen LogP contribution in [-0.4, -0.2) is 20.5 Å². The van der Waals surface area contributed by atoms with E-state index in [1.165, 1.54) is 6.07 Å². The normalized spacial score (nSPS) is 15.1. The first-order valence-electron chi connectivity index (χ1n) is 5.68. The van der Waals surface area contributed by atoms with Crippen LogP contribution in [0.1, 0.15) is 18.4 Å². The predicted octanol–water partition coefficient (Wildman–Crippen LogP) is 1.49. The van der Waals surface area contributed by atoms with Gasteiger partial charge >= 0.3 is 6.03 Å². The monoisotopic (exact) mass is 347 g/mol. The molecule has 0 atom stereocenters. The van der Waals surface area contributed by atoms with Gasteiger partial charge in [0.1, 0.15) is 0 Å². The minimum Gasteiger partial charge on any atom is -0.398 e. The number of hydrogen-bond acceptors (Lipinski definition) is 4. The van der Waals surface area contributed by atoms with Gasteiger partial charge in [0.05, 0.1) is 4.90 Å². The lowest BCUT2D eigenvalue weighted by molar-refractivity contribution is 0.245. The minimum absolute atomic E-state index is 0.00896. The van der Waals surface area contributed by atoms with Crippen LogP contribution in [0, 0.1) is 6.92 Å². The summed E-state index contributed by atoms with van der Waals surface area (Å²) in [5.41, 5.74) is 6.47. The fraction of sp³-hybridized carbons (Fsp3) is 0.364. The Morgan fingerprint density at radius 2 is 2.05 bits per heavy atom. The first-order valence-corrected chi connectivity index (χ1v) is 7.96. The maximum absolute atomic E-state index is 12.1. The average Bonchev–Trinajstić information content (AvgIpc) is 3.05. The molecule has 1 aromatic rings. The highest BCUT2D eigenvalue weighted by atomic mass is 79.9. The van der Waals surface area contributed by atoms with Crippen molar-refractivity contribution in [1.82, 2.24) is 10.0 Å². The van der Waals surface area contributed by atoms with E-state index in [9.17, 15) is 13.2 Å². The van der Waals surface area contributed by atoms with Crippen LogP contribution in [0.5, 0.6) is 0 Å². The zero-order valence-electron chi connectivity index (χ0n) is 10.2. The number of hydrogen-bond donors (Lipinski definition) is 3. The van der Waals surface area contributed by atoms with Gasteiger partial charge in [0.25, 0.3) is 10.0 Å². The molecule has 0 radical (unpaired) electrons. The van der Waals surface area contributed by atoms with Gasteiger partial charge in [-0.25, -0.2) is 17.9 Å². The molecule has 2 amide bonds. The summed E-state index contributed by atoms with van der Waals surface area (Å²) in [5, 5.41) is 2.56. The van der Waals surface area contributed by atoms with E-state index in [1.54, 1.807) is 13.0 Å². The Morgan fingerprint density at radius 1 is 1.42 bits per heavy atom. The molecule has 104 valence electrons. The lowest BCUT2D eigenvalue weighted by atomic mass is 10.2. The van der Waals surface area contributed by atoms with Gasteiger partial charge < -0.3 is 11.1 Å². The first-order chi connectivity index (χ1) is 8.79. The molecule has 8 heteroatoms. The second kappa shape index (κ2) is 5.01. The van der Waals surface area contributed by atoms with E-state index in [-0.39, 0.29) is 10.9 Å². The molecule has 4 N–H and O–H groups in total. The molecule has 1 aliphatic rings. The number of nitrogens with two attached hydrogens (primary N) is 1. The minimum atomic E-state index is -3.93. The van der Waals surface area contributed by atoms with Crippen molar-refractivity contribution in [1.29, 1.82) is 0 Å². The number of nitrogens with one attached hydrogen (secondary N) is 2. The van der Waals surface area contributed by atoms with Crippen LogP contribution in [0.3, 0.4) is 0 Å². The van der Waals surface area contributed by atoms with E-state index in [0.29, 0.717) is 15.7 Å².